The second-order valence-electron chi connectivity index (χ2n) is 7.27. The van der Waals surface area contributed by atoms with Crippen LogP contribution in [-0.2, 0) is 6.54 Å². The largest absolute Gasteiger partial charge is 0.337 e. The lowest BCUT2D eigenvalue weighted by Crippen LogP contribution is -2.40. The Morgan fingerprint density at radius 2 is 1.97 bits per heavy atom. The van der Waals surface area contributed by atoms with Gasteiger partial charge in [0, 0.05) is 25.7 Å². The van der Waals surface area contributed by atoms with Crippen molar-refractivity contribution >= 4 is 27.5 Å². The molecule has 152 valence electrons. The molecular formula is C20H19N7O2S. The Bertz CT molecular complexity index is 1210. The third-order valence-electron chi connectivity index (χ3n) is 5.32. The predicted octanol–water partition coefficient (Wildman–Crippen LogP) is 1.99. The normalized spacial score (nSPS) is 15.0. The molecule has 30 heavy (non-hydrogen) atoms. The van der Waals surface area contributed by atoms with Gasteiger partial charge in [0.1, 0.15) is 12.7 Å². The molecule has 0 N–H and O–H groups in total. The van der Waals surface area contributed by atoms with Gasteiger partial charge in [0.2, 0.25) is 0 Å². The summed E-state index contributed by atoms with van der Waals surface area (Å²) in [6.45, 7) is 1.82. The third kappa shape index (κ3) is 3.61. The molecule has 0 spiro atoms. The highest BCUT2D eigenvalue weighted by Crippen LogP contribution is 2.25. The maximum absolute atomic E-state index is 12.9. The van der Waals surface area contributed by atoms with Crippen LogP contribution in [0.2, 0.25) is 0 Å². The van der Waals surface area contributed by atoms with Gasteiger partial charge in [-0.05, 0) is 37.0 Å². The molecule has 5 rings (SSSR count). The molecular weight excluding hydrogens is 402 g/mol. The maximum atomic E-state index is 12.9. The number of amides is 1. The van der Waals surface area contributed by atoms with E-state index in [1.165, 1.54) is 33.1 Å². The molecule has 0 saturated carbocycles. The summed E-state index contributed by atoms with van der Waals surface area (Å²) in [5.41, 5.74) is 0.713. The number of thiazole rings is 1. The van der Waals surface area contributed by atoms with Gasteiger partial charge < -0.3 is 4.90 Å². The van der Waals surface area contributed by atoms with Crippen molar-refractivity contribution in [2.45, 2.75) is 19.4 Å². The van der Waals surface area contributed by atoms with Gasteiger partial charge in [0.05, 0.1) is 10.2 Å². The van der Waals surface area contributed by atoms with Crippen LogP contribution in [0.1, 0.15) is 22.6 Å². The van der Waals surface area contributed by atoms with Gasteiger partial charge in [-0.3, -0.25) is 9.59 Å². The van der Waals surface area contributed by atoms with Crippen molar-refractivity contribution in [3.05, 3.63) is 64.4 Å². The van der Waals surface area contributed by atoms with Gasteiger partial charge in [-0.1, -0.05) is 12.1 Å². The topological polar surface area (TPSA) is 98.8 Å². The highest BCUT2D eigenvalue weighted by Gasteiger charge is 2.26. The molecule has 0 unspecified atom stereocenters. The summed E-state index contributed by atoms with van der Waals surface area (Å²) in [7, 11) is 0. The zero-order chi connectivity index (χ0) is 20.5. The zero-order valence-corrected chi connectivity index (χ0v) is 16.9. The molecule has 1 amide bonds. The van der Waals surface area contributed by atoms with Crippen LogP contribution in [0.3, 0.4) is 0 Å². The number of benzene rings is 1. The van der Waals surface area contributed by atoms with Gasteiger partial charge in [0.25, 0.3) is 11.5 Å². The molecule has 1 aliphatic rings. The van der Waals surface area contributed by atoms with Crippen molar-refractivity contribution < 1.29 is 4.79 Å². The predicted molar refractivity (Wildman–Crippen MR) is 112 cm³/mol. The van der Waals surface area contributed by atoms with Crippen molar-refractivity contribution in [2.24, 2.45) is 5.92 Å². The highest BCUT2D eigenvalue weighted by atomic mass is 32.1. The second-order valence-corrected chi connectivity index (χ2v) is 8.30. The van der Waals surface area contributed by atoms with Gasteiger partial charge in [-0.25, -0.2) is 19.3 Å². The minimum Gasteiger partial charge on any atom is -0.337 e. The van der Waals surface area contributed by atoms with Crippen LogP contribution in [-0.4, -0.2) is 53.4 Å². The molecule has 0 atom stereocenters. The fraction of sp³-hybridized carbons (Fsp3) is 0.300. The summed E-state index contributed by atoms with van der Waals surface area (Å²) in [4.78, 5) is 35.3. The first-order chi connectivity index (χ1) is 14.7. The quantitative estimate of drug-likeness (QED) is 0.500. The first-order valence-corrected chi connectivity index (χ1v) is 10.6. The molecule has 1 fully saturated rings. The van der Waals surface area contributed by atoms with Gasteiger partial charge >= 0.3 is 0 Å². The first-order valence-electron chi connectivity index (χ1n) is 9.75. The minimum absolute atomic E-state index is 0.0156. The molecule has 1 aliphatic heterocycles. The molecule has 0 bridgehead atoms. The second kappa shape index (κ2) is 7.79. The van der Waals surface area contributed by atoms with Crippen LogP contribution >= 0.6 is 11.3 Å². The molecule has 0 aliphatic carbocycles. The molecule has 9 nitrogen and oxygen atoms in total. The smallest absolute Gasteiger partial charge is 0.282 e. The molecule has 4 heterocycles. The average molecular weight is 421 g/mol. The van der Waals surface area contributed by atoms with Crippen molar-refractivity contribution in [1.82, 2.24) is 34.4 Å². The maximum Gasteiger partial charge on any atom is 0.282 e. The monoisotopic (exact) mass is 421 g/mol. The van der Waals surface area contributed by atoms with Crippen LogP contribution in [0.5, 0.6) is 0 Å². The number of aromatic nitrogens is 6. The fourth-order valence-electron chi connectivity index (χ4n) is 3.68. The Balaban J connectivity index is 1.24. The summed E-state index contributed by atoms with van der Waals surface area (Å²) in [5.74, 6) is 0.814. The molecule has 4 aromatic rings. The van der Waals surface area contributed by atoms with Crippen LogP contribution in [0, 0.1) is 5.92 Å². The number of para-hydroxylation sites is 1. The number of nitrogens with zero attached hydrogens (tertiary/aromatic N) is 7. The summed E-state index contributed by atoms with van der Waals surface area (Å²) in [5, 5.41) is 9.00. The number of carbonyl (C=O) groups is 1. The van der Waals surface area contributed by atoms with E-state index in [9.17, 15) is 9.59 Å². The number of hydrogen-bond donors (Lipinski definition) is 0. The van der Waals surface area contributed by atoms with E-state index < -0.39 is 0 Å². The van der Waals surface area contributed by atoms with Crippen molar-refractivity contribution in [3.8, 4) is 5.82 Å². The third-order valence-corrected chi connectivity index (χ3v) is 6.34. The van der Waals surface area contributed by atoms with Crippen LogP contribution < -0.4 is 5.56 Å². The van der Waals surface area contributed by atoms with Gasteiger partial charge in [-0.15, -0.1) is 16.4 Å². The molecule has 1 saturated heterocycles. The molecule has 1 aromatic carbocycles. The van der Waals surface area contributed by atoms with Crippen molar-refractivity contribution in [3.63, 3.8) is 0 Å². The van der Waals surface area contributed by atoms with Crippen molar-refractivity contribution in [1.29, 1.82) is 0 Å². The van der Waals surface area contributed by atoms with E-state index in [4.69, 9.17) is 0 Å². The van der Waals surface area contributed by atoms with Crippen LogP contribution in [0.4, 0.5) is 0 Å². The van der Waals surface area contributed by atoms with E-state index in [-0.39, 0.29) is 17.4 Å². The summed E-state index contributed by atoms with van der Waals surface area (Å²) in [6.07, 6.45) is 4.61. The number of piperidine rings is 1. The number of carbonyl (C=O) groups excluding carboxylic acids is 1. The van der Waals surface area contributed by atoms with Crippen molar-refractivity contribution in [2.75, 3.05) is 13.1 Å². The van der Waals surface area contributed by atoms with E-state index in [0.29, 0.717) is 30.5 Å². The van der Waals surface area contributed by atoms with E-state index in [1.807, 2.05) is 29.2 Å². The number of hydrogen-bond acceptors (Lipinski definition) is 7. The Kier molecular flexibility index (Phi) is 4.83. The zero-order valence-electron chi connectivity index (χ0n) is 16.1. The molecule has 0 radical (unpaired) electrons. The molecule has 3 aromatic heterocycles. The lowest BCUT2D eigenvalue weighted by Gasteiger charge is -2.31. The van der Waals surface area contributed by atoms with Crippen LogP contribution in [0.15, 0.2) is 53.8 Å². The Labute approximate surface area is 175 Å². The van der Waals surface area contributed by atoms with Gasteiger partial charge in [-0.2, -0.15) is 5.10 Å². The SMILES string of the molecule is O=C(c1nc2ccccc2s1)N1CCC(Cn2nc(-n3cncn3)ccc2=O)CC1. The first kappa shape index (κ1) is 18.6. The van der Waals surface area contributed by atoms with E-state index in [2.05, 4.69) is 20.2 Å². The van der Waals surface area contributed by atoms with Gasteiger partial charge in [0.15, 0.2) is 10.8 Å². The summed E-state index contributed by atoms with van der Waals surface area (Å²) < 4.78 is 4.02. The van der Waals surface area contributed by atoms with E-state index in [0.717, 1.165) is 23.1 Å². The lowest BCUT2D eigenvalue weighted by atomic mass is 9.97. The summed E-state index contributed by atoms with van der Waals surface area (Å²) in [6, 6.07) is 10.9. The van der Waals surface area contributed by atoms with E-state index in [1.54, 1.807) is 12.4 Å². The van der Waals surface area contributed by atoms with Crippen LogP contribution in [0.25, 0.3) is 16.0 Å². The standard InChI is InChI=1S/C20H19N7O2S/c28-18-6-5-17(27-13-21-12-22-27)24-26(18)11-14-7-9-25(10-8-14)20(29)19-23-15-3-1-2-4-16(15)30-19/h1-6,12-14H,7-11H2. The average Bonchev–Trinajstić information content (AvgIpc) is 3.45. The fourth-order valence-corrected chi connectivity index (χ4v) is 4.61. The van der Waals surface area contributed by atoms with E-state index >= 15 is 0 Å². The number of rotatable bonds is 4. The number of likely N-dealkylation sites (tertiary alicyclic amines) is 1. The summed E-state index contributed by atoms with van der Waals surface area (Å²) >= 11 is 1.43. The lowest BCUT2D eigenvalue weighted by molar-refractivity contribution is 0.0680. The highest BCUT2D eigenvalue weighted by molar-refractivity contribution is 7.20. The Morgan fingerprint density at radius 1 is 1.13 bits per heavy atom. The Hall–Kier alpha value is -3.40. The minimum atomic E-state index is -0.146. The number of fused-ring (bicyclic) bond motifs is 1. The Morgan fingerprint density at radius 3 is 2.73 bits per heavy atom. The molecule has 10 heteroatoms.